The van der Waals surface area contributed by atoms with Crippen molar-refractivity contribution in [2.45, 2.75) is 0 Å². The molecule has 7 heteroatoms. The number of anilines is 1. The van der Waals surface area contributed by atoms with E-state index in [1.807, 2.05) is 12.1 Å². The molecule has 0 saturated carbocycles. The van der Waals surface area contributed by atoms with Gasteiger partial charge in [-0.15, -0.1) is 15.0 Å². The van der Waals surface area contributed by atoms with Crippen LogP contribution < -0.4 is 5.73 Å². The summed E-state index contributed by atoms with van der Waals surface area (Å²) in [4.78, 5) is 5.33. The number of nitrogens with zero attached hydrogens (tertiary/aromatic N) is 5. The SMILES string of the molecule is Nc1cccc(-n2nnc(-c3cocn3)n2)c1. The van der Waals surface area contributed by atoms with E-state index in [9.17, 15) is 0 Å². The van der Waals surface area contributed by atoms with Crippen LogP contribution in [-0.2, 0) is 0 Å². The maximum atomic E-state index is 5.68. The Morgan fingerprint density at radius 2 is 2.24 bits per heavy atom. The third-order valence-electron chi connectivity index (χ3n) is 2.18. The van der Waals surface area contributed by atoms with Crippen molar-refractivity contribution in [3.8, 4) is 17.2 Å². The number of oxazole rings is 1. The lowest BCUT2D eigenvalue weighted by molar-refractivity contribution is 0.558. The molecule has 0 aliphatic carbocycles. The molecule has 2 N–H and O–H groups in total. The van der Waals surface area contributed by atoms with E-state index in [-0.39, 0.29) is 0 Å². The van der Waals surface area contributed by atoms with Crippen molar-refractivity contribution in [2.75, 3.05) is 5.73 Å². The molecule has 0 bridgehead atoms. The number of aromatic nitrogens is 5. The molecule has 0 aliphatic heterocycles. The minimum Gasteiger partial charge on any atom is -0.451 e. The molecule has 1 aromatic carbocycles. The first-order valence-electron chi connectivity index (χ1n) is 4.87. The van der Waals surface area contributed by atoms with Gasteiger partial charge in [-0.05, 0) is 23.4 Å². The molecule has 0 amide bonds. The predicted molar refractivity (Wildman–Crippen MR) is 59.1 cm³/mol. The average Bonchev–Trinajstić information content (AvgIpc) is 3.00. The normalized spacial score (nSPS) is 10.6. The summed E-state index contributed by atoms with van der Waals surface area (Å²) in [7, 11) is 0. The maximum absolute atomic E-state index is 5.68. The monoisotopic (exact) mass is 228 g/mol. The van der Waals surface area contributed by atoms with Gasteiger partial charge in [0.1, 0.15) is 12.0 Å². The zero-order chi connectivity index (χ0) is 11.7. The molecule has 0 atom stereocenters. The lowest BCUT2D eigenvalue weighted by Crippen LogP contribution is -1.99. The van der Waals surface area contributed by atoms with Crippen LogP contribution in [0.3, 0.4) is 0 Å². The van der Waals surface area contributed by atoms with Gasteiger partial charge in [-0.2, -0.15) is 0 Å². The Balaban J connectivity index is 2.01. The highest BCUT2D eigenvalue weighted by Crippen LogP contribution is 2.13. The van der Waals surface area contributed by atoms with Crippen molar-refractivity contribution in [3.63, 3.8) is 0 Å². The summed E-state index contributed by atoms with van der Waals surface area (Å²) in [6.45, 7) is 0. The third kappa shape index (κ3) is 1.73. The fraction of sp³-hybridized carbons (Fsp3) is 0. The molecule has 2 heterocycles. The minimum absolute atomic E-state index is 0.404. The molecule has 7 nitrogen and oxygen atoms in total. The van der Waals surface area contributed by atoms with Crippen molar-refractivity contribution >= 4 is 5.69 Å². The Hall–Kier alpha value is -2.70. The van der Waals surface area contributed by atoms with Crippen LogP contribution >= 0.6 is 0 Å². The predicted octanol–water partition coefficient (Wildman–Crippen LogP) is 0.899. The molecule has 2 aromatic heterocycles. The number of hydrogen-bond acceptors (Lipinski definition) is 6. The summed E-state index contributed by atoms with van der Waals surface area (Å²) in [5.41, 5.74) is 7.61. The van der Waals surface area contributed by atoms with Crippen LogP contribution in [0.5, 0.6) is 0 Å². The van der Waals surface area contributed by atoms with E-state index in [0.717, 1.165) is 5.69 Å². The number of nitrogens with two attached hydrogens (primary N) is 1. The van der Waals surface area contributed by atoms with Crippen LogP contribution in [-0.4, -0.2) is 25.2 Å². The van der Waals surface area contributed by atoms with Gasteiger partial charge in [-0.3, -0.25) is 0 Å². The van der Waals surface area contributed by atoms with E-state index in [1.54, 1.807) is 12.1 Å². The Morgan fingerprint density at radius 1 is 1.29 bits per heavy atom. The highest BCUT2D eigenvalue weighted by atomic mass is 16.3. The fourth-order valence-electron chi connectivity index (χ4n) is 1.40. The van der Waals surface area contributed by atoms with E-state index in [2.05, 4.69) is 20.4 Å². The first kappa shape index (κ1) is 9.52. The van der Waals surface area contributed by atoms with Gasteiger partial charge in [0.2, 0.25) is 5.82 Å². The summed E-state index contributed by atoms with van der Waals surface area (Å²) in [6.07, 6.45) is 2.78. The van der Waals surface area contributed by atoms with Crippen molar-refractivity contribution in [1.82, 2.24) is 25.2 Å². The molecule has 0 unspecified atom stereocenters. The average molecular weight is 228 g/mol. The van der Waals surface area contributed by atoms with E-state index >= 15 is 0 Å². The van der Waals surface area contributed by atoms with E-state index in [4.69, 9.17) is 10.2 Å². The summed E-state index contributed by atoms with van der Waals surface area (Å²) in [5.74, 6) is 0.404. The molecule has 3 rings (SSSR count). The highest BCUT2D eigenvalue weighted by Gasteiger charge is 2.09. The van der Waals surface area contributed by atoms with Crippen LogP contribution in [0, 0.1) is 0 Å². The Labute approximate surface area is 95.9 Å². The van der Waals surface area contributed by atoms with Gasteiger partial charge >= 0.3 is 0 Å². The topological polar surface area (TPSA) is 95.7 Å². The molecule has 3 aromatic rings. The summed E-state index contributed by atoms with van der Waals surface area (Å²) in [5, 5.41) is 12.0. The molecule has 0 radical (unpaired) electrons. The summed E-state index contributed by atoms with van der Waals surface area (Å²) >= 11 is 0. The lowest BCUT2D eigenvalue weighted by atomic mass is 10.3. The van der Waals surface area contributed by atoms with Crippen molar-refractivity contribution in [3.05, 3.63) is 36.9 Å². The number of rotatable bonds is 2. The summed E-state index contributed by atoms with van der Waals surface area (Å²) in [6, 6.07) is 7.21. The smallest absolute Gasteiger partial charge is 0.226 e. The van der Waals surface area contributed by atoms with Crippen molar-refractivity contribution in [1.29, 1.82) is 0 Å². The van der Waals surface area contributed by atoms with Gasteiger partial charge in [0.15, 0.2) is 6.39 Å². The standard InChI is InChI=1S/C10H8N6O/c11-7-2-1-3-8(4-7)16-14-10(13-15-16)9-5-17-6-12-9/h1-6H,11H2. The molecule has 0 aliphatic rings. The molecule has 0 fully saturated rings. The Morgan fingerprint density at radius 3 is 3.00 bits per heavy atom. The van der Waals surface area contributed by atoms with E-state index in [1.165, 1.54) is 17.5 Å². The molecular weight excluding hydrogens is 220 g/mol. The van der Waals surface area contributed by atoms with Crippen molar-refractivity contribution < 1.29 is 4.42 Å². The molecular formula is C10H8N6O. The van der Waals surface area contributed by atoms with Crippen LogP contribution in [0.2, 0.25) is 0 Å². The fourth-order valence-corrected chi connectivity index (χ4v) is 1.40. The van der Waals surface area contributed by atoms with Crippen molar-refractivity contribution in [2.24, 2.45) is 0 Å². The second-order valence-corrected chi connectivity index (χ2v) is 3.37. The van der Waals surface area contributed by atoms with Crippen LogP contribution in [0.1, 0.15) is 0 Å². The number of hydrogen-bond donors (Lipinski definition) is 1. The van der Waals surface area contributed by atoms with Gasteiger partial charge < -0.3 is 10.2 Å². The van der Waals surface area contributed by atoms with Crippen LogP contribution in [0.15, 0.2) is 41.3 Å². The van der Waals surface area contributed by atoms with Crippen LogP contribution in [0.4, 0.5) is 5.69 Å². The molecule has 17 heavy (non-hydrogen) atoms. The zero-order valence-electron chi connectivity index (χ0n) is 8.69. The van der Waals surface area contributed by atoms with Gasteiger partial charge in [-0.25, -0.2) is 4.98 Å². The van der Waals surface area contributed by atoms with Crippen LogP contribution in [0.25, 0.3) is 17.2 Å². The number of tetrazole rings is 1. The number of nitrogen functional groups attached to an aromatic ring is 1. The van der Waals surface area contributed by atoms with Gasteiger partial charge in [0.05, 0.1) is 5.69 Å². The van der Waals surface area contributed by atoms with E-state index in [0.29, 0.717) is 17.2 Å². The number of benzene rings is 1. The summed E-state index contributed by atoms with van der Waals surface area (Å²) < 4.78 is 4.85. The molecule has 84 valence electrons. The van der Waals surface area contributed by atoms with Gasteiger partial charge in [0.25, 0.3) is 0 Å². The third-order valence-corrected chi connectivity index (χ3v) is 2.18. The second kappa shape index (κ2) is 3.71. The Bertz CT molecular complexity index is 630. The maximum Gasteiger partial charge on any atom is 0.226 e. The van der Waals surface area contributed by atoms with Gasteiger partial charge in [-0.1, -0.05) is 6.07 Å². The zero-order valence-corrected chi connectivity index (χ0v) is 8.69. The van der Waals surface area contributed by atoms with E-state index < -0.39 is 0 Å². The van der Waals surface area contributed by atoms with Gasteiger partial charge in [0, 0.05) is 5.69 Å². The molecule has 0 saturated heterocycles. The minimum atomic E-state index is 0.404. The first-order valence-corrected chi connectivity index (χ1v) is 4.87. The largest absolute Gasteiger partial charge is 0.451 e. The molecule has 0 spiro atoms. The quantitative estimate of drug-likeness (QED) is 0.654. The first-order chi connectivity index (χ1) is 8.33. The second-order valence-electron chi connectivity index (χ2n) is 3.37. The Kier molecular flexibility index (Phi) is 2.08. The lowest BCUT2D eigenvalue weighted by Gasteiger charge is -1.98. The highest BCUT2D eigenvalue weighted by molar-refractivity contribution is 5.48.